The minimum Gasteiger partial charge on any atom is -0.481 e. The van der Waals surface area contributed by atoms with E-state index in [1.54, 1.807) is 7.11 Å². The Morgan fingerprint density at radius 3 is 2.75 bits per heavy atom. The van der Waals surface area contributed by atoms with Crippen molar-refractivity contribution in [3.8, 4) is 0 Å². The summed E-state index contributed by atoms with van der Waals surface area (Å²) in [7, 11) is 1.66. The van der Waals surface area contributed by atoms with Gasteiger partial charge in [-0.15, -0.1) is 0 Å². The number of carboxylic acid groups (broad SMARTS) is 1. The van der Waals surface area contributed by atoms with Crippen LogP contribution >= 0.6 is 0 Å². The van der Waals surface area contributed by atoms with E-state index in [0.717, 1.165) is 25.9 Å². The van der Waals surface area contributed by atoms with E-state index >= 15 is 0 Å². The molecule has 72 valence electrons. The Labute approximate surface area is 72.9 Å². The van der Waals surface area contributed by atoms with Crippen molar-refractivity contribution in [2.45, 2.75) is 19.3 Å². The average molecular weight is 175 g/mol. The second kappa shape index (κ2) is 8.49. The van der Waals surface area contributed by atoms with E-state index < -0.39 is 5.97 Å². The Morgan fingerprint density at radius 1 is 1.42 bits per heavy atom. The van der Waals surface area contributed by atoms with Crippen LogP contribution in [0.25, 0.3) is 0 Å². The molecule has 0 unspecified atom stereocenters. The lowest BCUT2D eigenvalue weighted by atomic mass is 10.2. The highest BCUT2D eigenvalue weighted by Gasteiger charge is 1.95. The summed E-state index contributed by atoms with van der Waals surface area (Å²) in [4.78, 5) is 10.1. The van der Waals surface area contributed by atoms with E-state index in [1.807, 2.05) is 0 Å². The van der Waals surface area contributed by atoms with Crippen LogP contribution in [0.1, 0.15) is 19.3 Å². The molecule has 0 aliphatic heterocycles. The Balaban J connectivity index is 2.86. The molecule has 0 rings (SSSR count). The summed E-state index contributed by atoms with van der Waals surface area (Å²) in [5, 5.41) is 11.5. The maximum Gasteiger partial charge on any atom is 0.303 e. The third-order valence-electron chi connectivity index (χ3n) is 1.48. The van der Waals surface area contributed by atoms with Gasteiger partial charge in [0.05, 0.1) is 6.61 Å². The van der Waals surface area contributed by atoms with E-state index in [0.29, 0.717) is 6.61 Å². The number of aliphatic carboxylic acids is 1. The number of ether oxygens (including phenoxy) is 1. The fourth-order valence-electron chi connectivity index (χ4n) is 0.825. The van der Waals surface area contributed by atoms with Gasteiger partial charge in [-0.2, -0.15) is 0 Å². The first-order chi connectivity index (χ1) is 5.77. The van der Waals surface area contributed by atoms with Crippen molar-refractivity contribution in [2.24, 2.45) is 0 Å². The lowest BCUT2D eigenvalue weighted by Crippen LogP contribution is -2.20. The number of nitrogens with one attached hydrogen (secondary N) is 1. The first-order valence-electron chi connectivity index (χ1n) is 4.19. The molecule has 4 nitrogen and oxygen atoms in total. The third kappa shape index (κ3) is 9.39. The van der Waals surface area contributed by atoms with Gasteiger partial charge in [-0.3, -0.25) is 4.79 Å². The minimum atomic E-state index is -0.716. The van der Waals surface area contributed by atoms with E-state index in [9.17, 15) is 4.79 Å². The molecule has 0 saturated heterocycles. The molecule has 0 spiro atoms. The first-order valence-corrected chi connectivity index (χ1v) is 4.19. The molecule has 0 saturated carbocycles. The van der Waals surface area contributed by atoms with Crippen LogP contribution in [-0.4, -0.2) is 37.9 Å². The maximum atomic E-state index is 10.1. The smallest absolute Gasteiger partial charge is 0.303 e. The van der Waals surface area contributed by atoms with Gasteiger partial charge in [-0.1, -0.05) is 0 Å². The molecule has 0 radical (unpaired) electrons. The fourth-order valence-corrected chi connectivity index (χ4v) is 0.825. The number of methoxy groups -OCH3 is 1. The number of unbranched alkanes of at least 4 members (excludes halogenated alkanes) is 1. The van der Waals surface area contributed by atoms with Crippen molar-refractivity contribution in [3.63, 3.8) is 0 Å². The average Bonchev–Trinajstić information content (AvgIpc) is 2.02. The van der Waals surface area contributed by atoms with E-state index in [4.69, 9.17) is 9.84 Å². The highest BCUT2D eigenvalue weighted by atomic mass is 16.5. The lowest BCUT2D eigenvalue weighted by Gasteiger charge is -2.01. The zero-order chi connectivity index (χ0) is 9.23. The van der Waals surface area contributed by atoms with Gasteiger partial charge in [0.2, 0.25) is 0 Å². The molecule has 0 aliphatic rings. The number of carbonyl (C=O) groups is 1. The lowest BCUT2D eigenvalue weighted by molar-refractivity contribution is -0.137. The monoisotopic (exact) mass is 175 g/mol. The van der Waals surface area contributed by atoms with Crippen molar-refractivity contribution in [1.82, 2.24) is 5.32 Å². The summed E-state index contributed by atoms with van der Waals surface area (Å²) >= 11 is 0. The van der Waals surface area contributed by atoms with E-state index in [-0.39, 0.29) is 6.42 Å². The van der Waals surface area contributed by atoms with E-state index in [2.05, 4.69) is 5.32 Å². The normalized spacial score (nSPS) is 10.1. The molecule has 0 atom stereocenters. The molecule has 0 heterocycles. The Morgan fingerprint density at radius 2 is 2.17 bits per heavy atom. The number of hydrogen-bond donors (Lipinski definition) is 2. The van der Waals surface area contributed by atoms with Crippen LogP contribution in [0.3, 0.4) is 0 Å². The number of carboxylic acids is 1. The second-order valence-electron chi connectivity index (χ2n) is 2.59. The zero-order valence-corrected chi connectivity index (χ0v) is 7.51. The molecule has 0 aliphatic carbocycles. The molecular weight excluding hydrogens is 158 g/mol. The van der Waals surface area contributed by atoms with Gasteiger partial charge in [-0.25, -0.2) is 0 Å². The Bertz CT molecular complexity index is 117. The van der Waals surface area contributed by atoms with Crippen LogP contribution in [0.2, 0.25) is 0 Å². The molecule has 2 N–H and O–H groups in total. The third-order valence-corrected chi connectivity index (χ3v) is 1.48. The predicted molar refractivity (Wildman–Crippen MR) is 46.2 cm³/mol. The minimum absolute atomic E-state index is 0.270. The van der Waals surface area contributed by atoms with Crippen molar-refractivity contribution in [2.75, 3.05) is 26.8 Å². The van der Waals surface area contributed by atoms with Gasteiger partial charge in [-0.05, 0) is 19.4 Å². The molecule has 12 heavy (non-hydrogen) atoms. The Hall–Kier alpha value is -0.610. The molecular formula is C8H17NO3. The van der Waals surface area contributed by atoms with Crippen molar-refractivity contribution in [1.29, 1.82) is 0 Å². The quantitative estimate of drug-likeness (QED) is 0.527. The number of hydrogen-bond acceptors (Lipinski definition) is 3. The van der Waals surface area contributed by atoms with Crippen molar-refractivity contribution >= 4 is 5.97 Å². The second-order valence-corrected chi connectivity index (χ2v) is 2.59. The molecule has 0 fully saturated rings. The summed E-state index contributed by atoms with van der Waals surface area (Å²) in [6, 6.07) is 0. The zero-order valence-electron chi connectivity index (χ0n) is 7.51. The van der Waals surface area contributed by atoms with Gasteiger partial charge < -0.3 is 15.2 Å². The van der Waals surface area contributed by atoms with Crippen molar-refractivity contribution < 1.29 is 14.6 Å². The summed E-state index contributed by atoms with van der Waals surface area (Å²) < 4.78 is 4.83. The van der Waals surface area contributed by atoms with Gasteiger partial charge in [0.1, 0.15) is 0 Å². The topological polar surface area (TPSA) is 58.6 Å². The number of rotatable bonds is 8. The molecule has 4 heteroatoms. The predicted octanol–water partition coefficient (Wildman–Crippen LogP) is 0.477. The van der Waals surface area contributed by atoms with E-state index in [1.165, 1.54) is 0 Å². The largest absolute Gasteiger partial charge is 0.481 e. The molecule has 0 aromatic heterocycles. The van der Waals surface area contributed by atoms with Crippen LogP contribution in [0.15, 0.2) is 0 Å². The molecule has 0 aromatic carbocycles. The van der Waals surface area contributed by atoms with Crippen LogP contribution in [0.4, 0.5) is 0 Å². The molecule has 0 amide bonds. The summed E-state index contributed by atoms with van der Waals surface area (Å²) in [5.41, 5.74) is 0. The van der Waals surface area contributed by atoms with Crippen molar-refractivity contribution in [3.05, 3.63) is 0 Å². The molecule has 0 bridgehead atoms. The summed E-state index contributed by atoms with van der Waals surface area (Å²) in [5.74, 6) is -0.716. The highest BCUT2D eigenvalue weighted by molar-refractivity contribution is 5.66. The maximum absolute atomic E-state index is 10.1. The molecule has 0 aromatic rings. The van der Waals surface area contributed by atoms with Crippen LogP contribution in [-0.2, 0) is 9.53 Å². The Kier molecular flexibility index (Phi) is 8.05. The fraction of sp³-hybridized carbons (Fsp3) is 0.875. The van der Waals surface area contributed by atoms with Crippen LogP contribution in [0, 0.1) is 0 Å². The summed E-state index contributed by atoms with van der Waals surface area (Å²) in [6.07, 6.45) is 1.93. The van der Waals surface area contributed by atoms with Gasteiger partial charge in [0.15, 0.2) is 0 Å². The SMILES string of the molecule is COCCNCCCCC(=O)O. The van der Waals surface area contributed by atoms with Gasteiger partial charge >= 0.3 is 5.97 Å². The summed E-state index contributed by atoms with van der Waals surface area (Å²) in [6.45, 7) is 2.42. The van der Waals surface area contributed by atoms with Gasteiger partial charge in [0.25, 0.3) is 0 Å². The van der Waals surface area contributed by atoms with Gasteiger partial charge in [0, 0.05) is 20.1 Å². The highest BCUT2D eigenvalue weighted by Crippen LogP contribution is 1.92. The van der Waals surface area contributed by atoms with Crippen LogP contribution in [0.5, 0.6) is 0 Å². The van der Waals surface area contributed by atoms with Crippen LogP contribution < -0.4 is 5.32 Å². The first kappa shape index (κ1) is 11.4. The standard InChI is InChI=1S/C8H17NO3/c1-12-7-6-9-5-3-2-4-8(10)11/h9H,2-7H2,1H3,(H,10,11).